The SMILES string of the molecule is CC1(C)CCC(C)(C)NC(SCc2ccc(Cl)cc2)=N1.Cl. The van der Waals surface area contributed by atoms with E-state index in [1.165, 1.54) is 5.56 Å². The molecule has 1 heterocycles. The van der Waals surface area contributed by atoms with Gasteiger partial charge in [0.05, 0.1) is 5.54 Å². The summed E-state index contributed by atoms with van der Waals surface area (Å²) in [6, 6.07) is 8.02. The molecule has 0 saturated heterocycles. The first-order chi connectivity index (χ1) is 9.26. The Morgan fingerprint density at radius 3 is 2.38 bits per heavy atom. The summed E-state index contributed by atoms with van der Waals surface area (Å²) in [7, 11) is 0. The van der Waals surface area contributed by atoms with E-state index in [1.807, 2.05) is 12.1 Å². The Labute approximate surface area is 143 Å². The molecule has 2 nitrogen and oxygen atoms in total. The van der Waals surface area contributed by atoms with Gasteiger partial charge in [-0.2, -0.15) is 0 Å². The molecule has 1 aliphatic rings. The highest BCUT2D eigenvalue weighted by atomic mass is 35.5. The zero-order valence-corrected chi connectivity index (χ0v) is 15.5. The summed E-state index contributed by atoms with van der Waals surface area (Å²) in [5.74, 6) is 0.912. The first-order valence-corrected chi connectivity index (χ1v) is 8.37. The molecule has 0 aliphatic carbocycles. The van der Waals surface area contributed by atoms with Gasteiger partial charge in [0.2, 0.25) is 0 Å². The van der Waals surface area contributed by atoms with Gasteiger partial charge in [-0.15, -0.1) is 12.4 Å². The van der Waals surface area contributed by atoms with Crippen molar-refractivity contribution < 1.29 is 0 Å². The maximum Gasteiger partial charge on any atom is 0.157 e. The number of rotatable bonds is 2. The molecule has 0 spiro atoms. The fraction of sp³-hybridized carbons (Fsp3) is 0.562. The molecule has 1 aromatic rings. The van der Waals surface area contributed by atoms with Crippen LogP contribution in [0.2, 0.25) is 5.02 Å². The second kappa shape index (κ2) is 7.26. The number of amidine groups is 1. The van der Waals surface area contributed by atoms with Gasteiger partial charge in [0.25, 0.3) is 0 Å². The third-order valence-corrected chi connectivity index (χ3v) is 4.70. The number of halogens is 2. The topological polar surface area (TPSA) is 24.4 Å². The van der Waals surface area contributed by atoms with Crippen molar-refractivity contribution in [3.63, 3.8) is 0 Å². The van der Waals surface area contributed by atoms with E-state index in [-0.39, 0.29) is 23.5 Å². The first kappa shape index (κ1) is 18.7. The fourth-order valence-electron chi connectivity index (χ4n) is 2.13. The van der Waals surface area contributed by atoms with E-state index in [9.17, 15) is 0 Å². The largest absolute Gasteiger partial charge is 0.360 e. The molecule has 0 atom stereocenters. The molecule has 1 N–H and O–H groups in total. The van der Waals surface area contributed by atoms with E-state index in [4.69, 9.17) is 16.6 Å². The van der Waals surface area contributed by atoms with E-state index in [2.05, 4.69) is 45.1 Å². The molecule has 1 aromatic carbocycles. The number of nitrogens with one attached hydrogen (secondary N) is 1. The Kier molecular flexibility index (Phi) is 6.45. The zero-order valence-electron chi connectivity index (χ0n) is 13.1. The van der Waals surface area contributed by atoms with Crippen molar-refractivity contribution in [3.05, 3.63) is 34.9 Å². The van der Waals surface area contributed by atoms with Crippen molar-refractivity contribution in [2.45, 2.75) is 57.4 Å². The molecule has 2 rings (SSSR count). The third kappa shape index (κ3) is 6.09. The molecule has 0 aromatic heterocycles. The van der Waals surface area contributed by atoms with Crippen molar-refractivity contribution >= 4 is 40.9 Å². The van der Waals surface area contributed by atoms with E-state index in [0.717, 1.165) is 28.8 Å². The molecule has 118 valence electrons. The van der Waals surface area contributed by atoms with Crippen molar-refractivity contribution in [2.75, 3.05) is 0 Å². The molecule has 5 heteroatoms. The standard InChI is InChI=1S/C16H23ClN2S.ClH/c1-15(2)9-10-16(3,4)19-14(18-15)20-11-12-5-7-13(17)8-6-12;/h5-8H,9-11H2,1-4H3,(H,18,19);1H. The average Bonchev–Trinajstić information content (AvgIpc) is 2.45. The second-order valence-electron chi connectivity index (χ2n) is 6.65. The Morgan fingerprint density at radius 2 is 1.76 bits per heavy atom. The van der Waals surface area contributed by atoms with Gasteiger partial charge in [-0.1, -0.05) is 35.5 Å². The van der Waals surface area contributed by atoms with Gasteiger partial charge < -0.3 is 5.32 Å². The maximum atomic E-state index is 5.91. The van der Waals surface area contributed by atoms with Gasteiger partial charge in [-0.25, -0.2) is 0 Å². The molecule has 0 saturated carbocycles. The first-order valence-electron chi connectivity index (χ1n) is 7.01. The van der Waals surface area contributed by atoms with Gasteiger partial charge in [0, 0.05) is 16.3 Å². The predicted molar refractivity (Wildman–Crippen MR) is 98.0 cm³/mol. The highest BCUT2D eigenvalue weighted by molar-refractivity contribution is 8.13. The van der Waals surface area contributed by atoms with Crippen LogP contribution in [0.5, 0.6) is 0 Å². The van der Waals surface area contributed by atoms with Gasteiger partial charge in [0.15, 0.2) is 5.17 Å². The van der Waals surface area contributed by atoms with Crippen LogP contribution >= 0.6 is 35.8 Å². The molecule has 1 aliphatic heterocycles. The number of nitrogens with zero attached hydrogens (tertiary/aromatic N) is 1. The summed E-state index contributed by atoms with van der Waals surface area (Å²) >= 11 is 7.68. The van der Waals surface area contributed by atoms with Crippen molar-refractivity contribution in [1.29, 1.82) is 0 Å². The van der Waals surface area contributed by atoms with Crippen LogP contribution < -0.4 is 5.32 Å². The minimum Gasteiger partial charge on any atom is -0.360 e. The summed E-state index contributed by atoms with van der Waals surface area (Å²) in [4.78, 5) is 4.88. The highest BCUT2D eigenvalue weighted by Crippen LogP contribution is 2.28. The summed E-state index contributed by atoms with van der Waals surface area (Å²) < 4.78 is 0. The lowest BCUT2D eigenvalue weighted by molar-refractivity contribution is 0.374. The van der Waals surface area contributed by atoms with Crippen LogP contribution in [-0.2, 0) is 5.75 Å². The van der Waals surface area contributed by atoms with Crippen LogP contribution in [0.1, 0.15) is 46.1 Å². The van der Waals surface area contributed by atoms with Crippen LogP contribution in [0.4, 0.5) is 0 Å². The van der Waals surface area contributed by atoms with Crippen molar-refractivity contribution in [2.24, 2.45) is 4.99 Å². The molecule has 0 bridgehead atoms. The van der Waals surface area contributed by atoms with Crippen LogP contribution in [0.15, 0.2) is 29.3 Å². The van der Waals surface area contributed by atoms with Gasteiger partial charge in [0.1, 0.15) is 0 Å². The number of thioether (sulfide) groups is 1. The Morgan fingerprint density at radius 1 is 1.14 bits per heavy atom. The van der Waals surface area contributed by atoms with Crippen LogP contribution in [-0.4, -0.2) is 16.2 Å². The number of hydrogen-bond acceptors (Lipinski definition) is 3. The monoisotopic (exact) mass is 346 g/mol. The van der Waals surface area contributed by atoms with Crippen LogP contribution in [0.25, 0.3) is 0 Å². The number of hydrogen-bond donors (Lipinski definition) is 1. The Bertz CT molecular complexity index is 496. The lowest BCUT2D eigenvalue weighted by Crippen LogP contribution is -2.41. The quantitative estimate of drug-likeness (QED) is 0.786. The van der Waals surface area contributed by atoms with E-state index < -0.39 is 0 Å². The van der Waals surface area contributed by atoms with Gasteiger partial charge in [-0.05, 0) is 58.2 Å². The fourth-order valence-corrected chi connectivity index (χ4v) is 3.41. The highest BCUT2D eigenvalue weighted by Gasteiger charge is 2.29. The van der Waals surface area contributed by atoms with Gasteiger partial charge in [-0.3, -0.25) is 4.99 Å². The zero-order chi connectivity index (χ0) is 14.8. The number of aliphatic imine (C=N–C) groups is 1. The minimum absolute atomic E-state index is 0. The van der Waals surface area contributed by atoms with E-state index in [0.29, 0.717) is 0 Å². The third-order valence-electron chi connectivity index (χ3n) is 3.50. The van der Waals surface area contributed by atoms with E-state index >= 15 is 0 Å². The van der Waals surface area contributed by atoms with E-state index in [1.54, 1.807) is 11.8 Å². The second-order valence-corrected chi connectivity index (χ2v) is 8.05. The lowest BCUT2D eigenvalue weighted by Gasteiger charge is -2.26. The number of benzene rings is 1. The molecule has 21 heavy (non-hydrogen) atoms. The molecule has 0 fully saturated rings. The molecule has 0 unspecified atom stereocenters. The van der Waals surface area contributed by atoms with Crippen LogP contribution in [0, 0.1) is 0 Å². The molecule has 0 radical (unpaired) electrons. The summed E-state index contributed by atoms with van der Waals surface area (Å²) in [6.07, 6.45) is 2.24. The summed E-state index contributed by atoms with van der Waals surface area (Å²) in [6.45, 7) is 8.90. The van der Waals surface area contributed by atoms with Crippen LogP contribution in [0.3, 0.4) is 0 Å². The summed E-state index contributed by atoms with van der Waals surface area (Å²) in [5, 5.41) is 5.41. The maximum absolute atomic E-state index is 5.91. The summed E-state index contributed by atoms with van der Waals surface area (Å²) in [5.41, 5.74) is 1.40. The normalized spacial score (nSPS) is 19.8. The predicted octanol–water partition coefficient (Wildman–Crippen LogP) is 5.29. The lowest BCUT2D eigenvalue weighted by atomic mass is 9.91. The molecular weight excluding hydrogens is 323 g/mol. The minimum atomic E-state index is 0. The molecule has 0 amide bonds. The van der Waals surface area contributed by atoms with Crippen molar-refractivity contribution in [1.82, 2.24) is 5.32 Å². The smallest absolute Gasteiger partial charge is 0.157 e. The molecular formula is C16H24Cl2N2S. The van der Waals surface area contributed by atoms with Crippen molar-refractivity contribution in [3.8, 4) is 0 Å². The Balaban J connectivity index is 0.00000220. The van der Waals surface area contributed by atoms with Gasteiger partial charge >= 0.3 is 0 Å². The Hall–Kier alpha value is -0.380. The average molecular weight is 347 g/mol.